The van der Waals surface area contributed by atoms with Crippen LogP contribution in [0.1, 0.15) is 23.9 Å². The molecule has 0 spiro atoms. The average molecular weight is 324 g/mol. The van der Waals surface area contributed by atoms with Crippen LogP contribution in [0.5, 0.6) is 5.75 Å². The molecule has 0 unspecified atom stereocenters. The fourth-order valence-electron chi connectivity index (χ4n) is 1.99. The average Bonchev–Trinajstić information content (AvgIpc) is 2.94. The molecule has 3 rings (SSSR count). The van der Waals surface area contributed by atoms with Gasteiger partial charge in [-0.1, -0.05) is 17.3 Å². The van der Waals surface area contributed by atoms with Crippen molar-refractivity contribution in [3.8, 4) is 17.6 Å². The second-order valence-electron chi connectivity index (χ2n) is 4.81. The van der Waals surface area contributed by atoms with Crippen molar-refractivity contribution < 1.29 is 4.74 Å². The van der Waals surface area contributed by atoms with Crippen LogP contribution in [0.2, 0.25) is 0 Å². The normalized spacial score (nSPS) is 10.2. The summed E-state index contributed by atoms with van der Waals surface area (Å²) in [5.41, 5.74) is 3.04. The quantitative estimate of drug-likeness (QED) is 0.750. The monoisotopic (exact) mass is 324 g/mol. The van der Waals surface area contributed by atoms with Crippen molar-refractivity contribution in [3.05, 3.63) is 41.2 Å². The number of methoxy groups -OCH3 is 1. The van der Waals surface area contributed by atoms with Crippen molar-refractivity contribution in [1.82, 2.24) is 15.0 Å². The van der Waals surface area contributed by atoms with Gasteiger partial charge in [-0.2, -0.15) is 4.98 Å². The topological polar surface area (TPSA) is 59.9 Å². The van der Waals surface area contributed by atoms with Gasteiger partial charge in [-0.25, -0.2) is 9.97 Å². The van der Waals surface area contributed by atoms with Gasteiger partial charge >= 0.3 is 0 Å². The third kappa shape index (κ3) is 3.41. The summed E-state index contributed by atoms with van der Waals surface area (Å²) in [4.78, 5) is 14.3. The van der Waals surface area contributed by atoms with E-state index in [1.54, 1.807) is 7.11 Å². The lowest BCUT2D eigenvalue weighted by Gasteiger charge is -1.98. The van der Waals surface area contributed by atoms with Crippen LogP contribution in [0.3, 0.4) is 0 Å². The molecule has 0 aliphatic carbocycles. The van der Waals surface area contributed by atoms with Crippen molar-refractivity contribution in [2.24, 2.45) is 0 Å². The van der Waals surface area contributed by atoms with Crippen molar-refractivity contribution in [2.45, 2.75) is 13.8 Å². The number of nitrogens with one attached hydrogen (secondary N) is 1. The van der Waals surface area contributed by atoms with E-state index in [0.29, 0.717) is 11.3 Å². The zero-order chi connectivity index (χ0) is 16.2. The van der Waals surface area contributed by atoms with Crippen LogP contribution < -0.4 is 10.1 Å². The first-order chi connectivity index (χ1) is 11.2. The molecule has 2 heterocycles. The van der Waals surface area contributed by atoms with Crippen LogP contribution in [-0.4, -0.2) is 28.6 Å². The standard InChI is InChI=1S/C17H16N4OS/c1-4-18-17-21-15-16(23-17)20-14(11(2)19-15)10-7-12-5-8-13(22-3)9-6-12/h5-6,8-9H,4H2,1-3H3,(H,18,19,21). The van der Waals surface area contributed by atoms with Crippen LogP contribution in [0.4, 0.5) is 5.13 Å². The fraction of sp³-hybridized carbons (Fsp3) is 0.235. The number of anilines is 1. The summed E-state index contributed by atoms with van der Waals surface area (Å²) in [6.07, 6.45) is 0. The van der Waals surface area contributed by atoms with E-state index in [0.717, 1.165) is 33.5 Å². The Morgan fingerprint density at radius 2 is 1.91 bits per heavy atom. The van der Waals surface area contributed by atoms with Gasteiger partial charge in [0.1, 0.15) is 11.4 Å². The van der Waals surface area contributed by atoms with Crippen molar-refractivity contribution in [2.75, 3.05) is 19.0 Å². The Balaban J connectivity index is 1.93. The molecule has 3 aromatic rings. The fourth-order valence-corrected chi connectivity index (χ4v) is 2.85. The molecule has 0 radical (unpaired) electrons. The van der Waals surface area contributed by atoms with E-state index in [2.05, 4.69) is 32.1 Å². The molecule has 0 saturated heterocycles. The lowest BCUT2D eigenvalue weighted by molar-refractivity contribution is 0.415. The molecule has 6 heteroatoms. The van der Waals surface area contributed by atoms with Crippen LogP contribution >= 0.6 is 11.3 Å². The Labute approximate surface area is 138 Å². The molecule has 0 aliphatic heterocycles. The molecule has 0 bridgehead atoms. The van der Waals surface area contributed by atoms with E-state index < -0.39 is 0 Å². The van der Waals surface area contributed by atoms with Crippen molar-refractivity contribution in [1.29, 1.82) is 0 Å². The number of aryl methyl sites for hydroxylation is 1. The number of aromatic nitrogens is 3. The highest BCUT2D eigenvalue weighted by Gasteiger charge is 2.09. The van der Waals surface area contributed by atoms with Crippen molar-refractivity contribution >= 4 is 26.9 Å². The molecule has 116 valence electrons. The summed E-state index contributed by atoms with van der Waals surface area (Å²) in [7, 11) is 1.64. The lowest BCUT2D eigenvalue weighted by atomic mass is 10.2. The van der Waals surface area contributed by atoms with Gasteiger partial charge < -0.3 is 10.1 Å². The second-order valence-corrected chi connectivity index (χ2v) is 5.79. The molecule has 5 nitrogen and oxygen atoms in total. The van der Waals surface area contributed by atoms with Gasteiger partial charge in [-0.3, -0.25) is 0 Å². The van der Waals surface area contributed by atoms with E-state index in [1.807, 2.05) is 38.1 Å². The number of hydrogen-bond donors (Lipinski definition) is 1. The molecule has 1 aromatic carbocycles. The van der Waals surface area contributed by atoms with Gasteiger partial charge in [0.2, 0.25) is 0 Å². The maximum absolute atomic E-state index is 5.14. The first-order valence-corrected chi connectivity index (χ1v) is 8.06. The molecular weight excluding hydrogens is 308 g/mol. The summed E-state index contributed by atoms with van der Waals surface area (Å²) in [6.45, 7) is 4.75. The number of thiazole rings is 1. The second kappa shape index (κ2) is 6.63. The van der Waals surface area contributed by atoms with Gasteiger partial charge in [-0.15, -0.1) is 0 Å². The number of nitrogens with zero attached hydrogens (tertiary/aromatic N) is 3. The third-order valence-corrected chi connectivity index (χ3v) is 4.06. The van der Waals surface area contributed by atoms with Gasteiger partial charge in [0.15, 0.2) is 15.6 Å². The summed E-state index contributed by atoms with van der Waals surface area (Å²) in [6, 6.07) is 7.61. The predicted octanol–water partition coefficient (Wildman–Crippen LogP) is 3.23. The highest BCUT2D eigenvalue weighted by Crippen LogP contribution is 2.23. The summed E-state index contributed by atoms with van der Waals surface area (Å²) in [5, 5.41) is 4.02. The summed E-state index contributed by atoms with van der Waals surface area (Å²) in [5.74, 6) is 7.02. The molecule has 1 N–H and O–H groups in total. The predicted molar refractivity (Wildman–Crippen MR) is 93.1 cm³/mol. The molecule has 0 amide bonds. The van der Waals surface area contributed by atoms with Gasteiger partial charge in [0, 0.05) is 12.1 Å². The van der Waals surface area contributed by atoms with Crippen molar-refractivity contribution in [3.63, 3.8) is 0 Å². The maximum Gasteiger partial charge on any atom is 0.191 e. The zero-order valence-corrected chi connectivity index (χ0v) is 14.0. The van der Waals surface area contributed by atoms with E-state index in [-0.39, 0.29) is 0 Å². The SMILES string of the molecule is CCNc1nc2nc(C)c(C#Cc3ccc(OC)cc3)nc2s1. The Hall–Kier alpha value is -2.65. The molecule has 0 saturated carbocycles. The number of fused-ring (bicyclic) bond motifs is 1. The smallest absolute Gasteiger partial charge is 0.191 e. The Kier molecular flexibility index (Phi) is 4.40. The number of ether oxygens (including phenoxy) is 1. The summed E-state index contributed by atoms with van der Waals surface area (Å²) < 4.78 is 5.14. The first-order valence-electron chi connectivity index (χ1n) is 7.24. The largest absolute Gasteiger partial charge is 0.497 e. The minimum Gasteiger partial charge on any atom is -0.497 e. The molecular formula is C17H16N4OS. The highest BCUT2D eigenvalue weighted by atomic mass is 32.1. The van der Waals surface area contributed by atoms with Crippen LogP contribution in [0, 0.1) is 18.8 Å². The minimum atomic E-state index is 0.665. The maximum atomic E-state index is 5.14. The minimum absolute atomic E-state index is 0.665. The van der Waals surface area contributed by atoms with E-state index in [1.165, 1.54) is 11.3 Å². The van der Waals surface area contributed by atoms with Crippen LogP contribution in [0.25, 0.3) is 10.5 Å². The van der Waals surface area contributed by atoms with Gasteiger partial charge in [0.25, 0.3) is 0 Å². The van der Waals surface area contributed by atoms with E-state index >= 15 is 0 Å². The number of benzene rings is 1. The first kappa shape index (κ1) is 15.3. The number of hydrogen-bond acceptors (Lipinski definition) is 6. The highest BCUT2D eigenvalue weighted by molar-refractivity contribution is 7.21. The molecule has 23 heavy (non-hydrogen) atoms. The molecule has 0 atom stereocenters. The van der Waals surface area contributed by atoms with Crippen LogP contribution in [-0.2, 0) is 0 Å². The molecule has 2 aromatic heterocycles. The van der Waals surface area contributed by atoms with E-state index in [4.69, 9.17) is 4.74 Å². The number of rotatable bonds is 3. The summed E-state index contributed by atoms with van der Waals surface area (Å²) >= 11 is 1.49. The van der Waals surface area contributed by atoms with Crippen LogP contribution in [0.15, 0.2) is 24.3 Å². The van der Waals surface area contributed by atoms with Gasteiger partial charge in [-0.05, 0) is 44.0 Å². The van der Waals surface area contributed by atoms with E-state index in [9.17, 15) is 0 Å². The molecule has 0 fully saturated rings. The zero-order valence-electron chi connectivity index (χ0n) is 13.2. The Morgan fingerprint density at radius 3 is 2.61 bits per heavy atom. The Bertz CT molecular complexity index is 891. The third-order valence-electron chi connectivity index (χ3n) is 3.17. The molecule has 0 aliphatic rings. The lowest BCUT2D eigenvalue weighted by Crippen LogP contribution is -1.95. The Morgan fingerprint density at radius 1 is 1.13 bits per heavy atom. The van der Waals surface area contributed by atoms with Gasteiger partial charge in [0.05, 0.1) is 12.8 Å².